The normalized spacial score (nSPS) is 22.2. The van der Waals surface area contributed by atoms with E-state index < -0.39 is 0 Å². The average molecular weight is 212 g/mol. The van der Waals surface area contributed by atoms with Crippen molar-refractivity contribution in [3.63, 3.8) is 0 Å². The topological polar surface area (TPSA) is 15.3 Å². The molecule has 1 N–H and O–H groups in total. The van der Waals surface area contributed by atoms with Gasteiger partial charge in [0.15, 0.2) is 0 Å². The molecular formula is C13H28N2. The van der Waals surface area contributed by atoms with E-state index in [0.29, 0.717) is 0 Å². The van der Waals surface area contributed by atoms with Crippen LogP contribution in [0.25, 0.3) is 0 Å². The van der Waals surface area contributed by atoms with Crippen LogP contribution in [-0.4, -0.2) is 37.6 Å². The molecule has 0 aromatic rings. The van der Waals surface area contributed by atoms with Crippen molar-refractivity contribution >= 4 is 0 Å². The largest absolute Gasteiger partial charge is 0.316 e. The van der Waals surface area contributed by atoms with E-state index in [4.69, 9.17) is 0 Å². The minimum atomic E-state index is 0.940. The lowest BCUT2D eigenvalue weighted by Crippen LogP contribution is -2.33. The lowest BCUT2D eigenvalue weighted by molar-refractivity contribution is 0.237. The summed E-state index contributed by atoms with van der Waals surface area (Å²) >= 11 is 0. The van der Waals surface area contributed by atoms with Gasteiger partial charge in [-0.25, -0.2) is 0 Å². The Labute approximate surface area is 95.4 Å². The SMILES string of the molecule is CCCN(CCC)CC[C@H]1CCCNC1. The molecule has 0 aliphatic carbocycles. The molecule has 0 aromatic carbocycles. The lowest BCUT2D eigenvalue weighted by atomic mass is 9.96. The second-order valence-corrected chi connectivity index (χ2v) is 4.84. The molecule has 1 fully saturated rings. The van der Waals surface area contributed by atoms with Crippen LogP contribution >= 0.6 is 0 Å². The van der Waals surface area contributed by atoms with Crippen molar-refractivity contribution in [1.82, 2.24) is 10.2 Å². The Morgan fingerprint density at radius 2 is 1.87 bits per heavy atom. The molecule has 2 nitrogen and oxygen atoms in total. The summed E-state index contributed by atoms with van der Waals surface area (Å²) in [5.41, 5.74) is 0. The van der Waals surface area contributed by atoms with Gasteiger partial charge in [-0.1, -0.05) is 13.8 Å². The summed E-state index contributed by atoms with van der Waals surface area (Å²) in [5, 5.41) is 3.50. The highest BCUT2D eigenvalue weighted by Crippen LogP contribution is 2.14. The molecule has 0 saturated carbocycles. The maximum Gasteiger partial charge on any atom is -0.00156 e. The molecule has 90 valence electrons. The van der Waals surface area contributed by atoms with E-state index in [9.17, 15) is 0 Å². The summed E-state index contributed by atoms with van der Waals surface area (Å²) in [5.74, 6) is 0.940. The monoisotopic (exact) mass is 212 g/mol. The summed E-state index contributed by atoms with van der Waals surface area (Å²) in [7, 11) is 0. The summed E-state index contributed by atoms with van der Waals surface area (Å²) in [6.45, 7) is 10.9. The van der Waals surface area contributed by atoms with Crippen molar-refractivity contribution in [2.45, 2.75) is 46.0 Å². The first-order valence-electron chi connectivity index (χ1n) is 6.79. The third kappa shape index (κ3) is 5.53. The second-order valence-electron chi connectivity index (χ2n) is 4.84. The molecule has 0 unspecified atom stereocenters. The van der Waals surface area contributed by atoms with Crippen LogP contribution in [0.4, 0.5) is 0 Å². The van der Waals surface area contributed by atoms with E-state index in [0.717, 1.165) is 5.92 Å². The Balaban J connectivity index is 2.13. The van der Waals surface area contributed by atoms with E-state index >= 15 is 0 Å². The van der Waals surface area contributed by atoms with Crippen LogP contribution in [0.2, 0.25) is 0 Å². The summed E-state index contributed by atoms with van der Waals surface area (Å²) < 4.78 is 0. The molecule has 0 spiro atoms. The van der Waals surface area contributed by atoms with Crippen molar-refractivity contribution in [2.24, 2.45) is 5.92 Å². The molecule has 1 saturated heterocycles. The summed E-state index contributed by atoms with van der Waals surface area (Å²) in [6.07, 6.45) is 6.81. The molecule has 0 aromatic heterocycles. The molecule has 0 bridgehead atoms. The van der Waals surface area contributed by atoms with Crippen molar-refractivity contribution in [3.05, 3.63) is 0 Å². The molecule has 0 radical (unpaired) electrons. The quantitative estimate of drug-likeness (QED) is 0.697. The number of hydrogen-bond acceptors (Lipinski definition) is 2. The van der Waals surface area contributed by atoms with Crippen LogP contribution < -0.4 is 5.32 Å². The lowest BCUT2D eigenvalue weighted by Gasteiger charge is -2.27. The number of nitrogens with zero attached hydrogens (tertiary/aromatic N) is 1. The molecule has 2 heteroatoms. The van der Waals surface area contributed by atoms with Crippen LogP contribution in [-0.2, 0) is 0 Å². The maximum absolute atomic E-state index is 3.50. The van der Waals surface area contributed by atoms with Gasteiger partial charge >= 0.3 is 0 Å². The molecule has 1 aliphatic rings. The highest BCUT2D eigenvalue weighted by molar-refractivity contribution is 4.70. The highest BCUT2D eigenvalue weighted by Gasteiger charge is 2.13. The van der Waals surface area contributed by atoms with E-state index in [-0.39, 0.29) is 0 Å². The zero-order valence-electron chi connectivity index (χ0n) is 10.6. The predicted octanol–water partition coefficient (Wildman–Crippen LogP) is 2.50. The van der Waals surface area contributed by atoms with Crippen LogP contribution in [0.3, 0.4) is 0 Å². The maximum atomic E-state index is 3.50. The van der Waals surface area contributed by atoms with Gasteiger partial charge in [0.1, 0.15) is 0 Å². The van der Waals surface area contributed by atoms with E-state index in [2.05, 4.69) is 24.1 Å². The van der Waals surface area contributed by atoms with Gasteiger partial charge < -0.3 is 10.2 Å². The van der Waals surface area contributed by atoms with Crippen molar-refractivity contribution in [1.29, 1.82) is 0 Å². The number of rotatable bonds is 7. The molecule has 1 aliphatic heterocycles. The smallest absolute Gasteiger partial charge is 0.00156 e. The Morgan fingerprint density at radius 3 is 2.40 bits per heavy atom. The van der Waals surface area contributed by atoms with Crippen LogP contribution in [0.5, 0.6) is 0 Å². The molecule has 1 heterocycles. The van der Waals surface area contributed by atoms with Gasteiger partial charge in [-0.05, 0) is 70.7 Å². The predicted molar refractivity (Wildman–Crippen MR) is 67.2 cm³/mol. The van der Waals surface area contributed by atoms with Gasteiger partial charge in [0.25, 0.3) is 0 Å². The van der Waals surface area contributed by atoms with Crippen molar-refractivity contribution in [3.8, 4) is 0 Å². The second kappa shape index (κ2) is 8.12. The zero-order chi connectivity index (χ0) is 10.9. The van der Waals surface area contributed by atoms with Crippen LogP contribution in [0.1, 0.15) is 46.0 Å². The van der Waals surface area contributed by atoms with E-state index in [1.165, 1.54) is 64.8 Å². The Morgan fingerprint density at radius 1 is 1.13 bits per heavy atom. The Bertz CT molecular complexity index is 135. The van der Waals surface area contributed by atoms with Crippen molar-refractivity contribution in [2.75, 3.05) is 32.7 Å². The van der Waals surface area contributed by atoms with Gasteiger partial charge in [-0.3, -0.25) is 0 Å². The van der Waals surface area contributed by atoms with Gasteiger partial charge in [0.2, 0.25) is 0 Å². The van der Waals surface area contributed by atoms with Crippen LogP contribution in [0.15, 0.2) is 0 Å². The molecule has 1 atom stereocenters. The number of hydrogen-bond donors (Lipinski definition) is 1. The van der Waals surface area contributed by atoms with E-state index in [1.807, 2.05) is 0 Å². The molecular weight excluding hydrogens is 184 g/mol. The zero-order valence-corrected chi connectivity index (χ0v) is 10.6. The Hall–Kier alpha value is -0.0800. The van der Waals surface area contributed by atoms with Gasteiger partial charge in [-0.2, -0.15) is 0 Å². The first-order valence-corrected chi connectivity index (χ1v) is 6.79. The van der Waals surface area contributed by atoms with E-state index in [1.54, 1.807) is 0 Å². The summed E-state index contributed by atoms with van der Waals surface area (Å²) in [6, 6.07) is 0. The van der Waals surface area contributed by atoms with Crippen LogP contribution in [0, 0.1) is 5.92 Å². The van der Waals surface area contributed by atoms with Crippen molar-refractivity contribution < 1.29 is 0 Å². The molecule has 1 rings (SSSR count). The fraction of sp³-hybridized carbons (Fsp3) is 1.00. The Kier molecular flexibility index (Phi) is 7.03. The fourth-order valence-electron chi connectivity index (χ4n) is 2.50. The minimum absolute atomic E-state index is 0.940. The third-order valence-corrected chi connectivity index (χ3v) is 3.33. The summed E-state index contributed by atoms with van der Waals surface area (Å²) in [4.78, 5) is 2.63. The van der Waals surface area contributed by atoms with Gasteiger partial charge in [-0.15, -0.1) is 0 Å². The number of nitrogens with one attached hydrogen (secondary N) is 1. The molecule has 15 heavy (non-hydrogen) atoms. The number of piperidine rings is 1. The fourth-order valence-corrected chi connectivity index (χ4v) is 2.50. The average Bonchev–Trinajstić information content (AvgIpc) is 2.28. The minimum Gasteiger partial charge on any atom is -0.316 e. The van der Waals surface area contributed by atoms with Gasteiger partial charge in [0.05, 0.1) is 0 Å². The highest BCUT2D eigenvalue weighted by atomic mass is 15.1. The first kappa shape index (κ1) is 13.0. The molecule has 0 amide bonds. The third-order valence-electron chi connectivity index (χ3n) is 3.33. The first-order chi connectivity index (χ1) is 7.36. The van der Waals surface area contributed by atoms with Gasteiger partial charge in [0, 0.05) is 0 Å². The standard InChI is InChI=1S/C13H28N2/c1-3-9-15(10-4-2)11-7-13-6-5-8-14-12-13/h13-14H,3-12H2,1-2H3/t13-/m1/s1.